The van der Waals surface area contributed by atoms with E-state index in [0.29, 0.717) is 0 Å². The van der Waals surface area contributed by atoms with Crippen LogP contribution in [0, 0.1) is 5.92 Å². The molecule has 0 spiro atoms. The van der Waals surface area contributed by atoms with E-state index in [2.05, 4.69) is 32.6 Å². The van der Waals surface area contributed by atoms with Crippen LogP contribution >= 0.6 is 0 Å². The molecule has 1 saturated carbocycles. The second kappa shape index (κ2) is 8.26. The molecule has 19 heavy (non-hydrogen) atoms. The minimum atomic E-state index is 0.138. The summed E-state index contributed by atoms with van der Waals surface area (Å²) in [5.74, 6) is 0.751. The Morgan fingerprint density at radius 1 is 1.05 bits per heavy atom. The molecule has 0 aromatic carbocycles. The smallest absolute Gasteiger partial charge is 0.0166 e. The minimum absolute atomic E-state index is 0.138. The Bertz CT molecular complexity index is 227. The van der Waals surface area contributed by atoms with E-state index < -0.39 is 0 Å². The summed E-state index contributed by atoms with van der Waals surface area (Å²) < 4.78 is 0. The van der Waals surface area contributed by atoms with Crippen LogP contribution in [0.25, 0.3) is 0 Å². The highest BCUT2D eigenvalue weighted by Crippen LogP contribution is 2.29. The molecule has 0 aromatic rings. The van der Waals surface area contributed by atoms with Crippen molar-refractivity contribution in [3.05, 3.63) is 0 Å². The fourth-order valence-corrected chi connectivity index (χ4v) is 3.57. The zero-order valence-electron chi connectivity index (χ0n) is 13.8. The maximum absolute atomic E-state index is 6.59. The third kappa shape index (κ3) is 5.83. The molecule has 0 saturated heterocycles. The van der Waals surface area contributed by atoms with Gasteiger partial charge in [0.1, 0.15) is 0 Å². The lowest BCUT2D eigenvalue weighted by atomic mass is 9.80. The van der Waals surface area contributed by atoms with Gasteiger partial charge in [-0.1, -0.05) is 47.0 Å². The van der Waals surface area contributed by atoms with Crippen LogP contribution in [0.4, 0.5) is 0 Å². The zero-order chi connectivity index (χ0) is 14.3. The van der Waals surface area contributed by atoms with Crippen molar-refractivity contribution in [2.24, 2.45) is 11.7 Å². The third-order valence-corrected chi connectivity index (χ3v) is 4.80. The number of hydrogen-bond acceptors (Lipinski definition) is 2. The molecule has 0 aromatic heterocycles. The fraction of sp³-hybridized carbons (Fsp3) is 1.00. The summed E-state index contributed by atoms with van der Waals surface area (Å²) in [6.07, 6.45) is 10.3. The Kier molecular flexibility index (Phi) is 7.38. The van der Waals surface area contributed by atoms with Crippen LogP contribution in [0.5, 0.6) is 0 Å². The summed E-state index contributed by atoms with van der Waals surface area (Å²) in [6, 6.07) is 0.745. The third-order valence-electron chi connectivity index (χ3n) is 4.80. The molecular weight excluding hydrogens is 232 g/mol. The van der Waals surface area contributed by atoms with Gasteiger partial charge in [-0.15, -0.1) is 0 Å². The molecule has 0 amide bonds. The van der Waals surface area contributed by atoms with Crippen LogP contribution in [0.15, 0.2) is 0 Å². The average molecular weight is 268 g/mol. The summed E-state index contributed by atoms with van der Waals surface area (Å²) >= 11 is 0. The van der Waals surface area contributed by atoms with Crippen molar-refractivity contribution in [2.75, 3.05) is 13.1 Å². The number of hydrogen-bond donors (Lipinski definition) is 1. The van der Waals surface area contributed by atoms with Crippen molar-refractivity contribution >= 4 is 0 Å². The van der Waals surface area contributed by atoms with E-state index in [1.54, 1.807) is 0 Å². The Labute approximate surface area is 121 Å². The van der Waals surface area contributed by atoms with Crippen LogP contribution in [-0.4, -0.2) is 29.6 Å². The lowest BCUT2D eigenvalue weighted by Crippen LogP contribution is -2.47. The van der Waals surface area contributed by atoms with Gasteiger partial charge in [0.2, 0.25) is 0 Å². The summed E-state index contributed by atoms with van der Waals surface area (Å²) in [5, 5.41) is 0. The van der Waals surface area contributed by atoms with Crippen molar-refractivity contribution in [3.8, 4) is 0 Å². The zero-order valence-corrected chi connectivity index (χ0v) is 13.8. The van der Waals surface area contributed by atoms with Gasteiger partial charge in [0, 0.05) is 24.7 Å². The highest BCUT2D eigenvalue weighted by atomic mass is 15.2. The van der Waals surface area contributed by atoms with Gasteiger partial charge in [-0.25, -0.2) is 0 Å². The quantitative estimate of drug-likeness (QED) is 0.715. The van der Waals surface area contributed by atoms with E-state index in [1.807, 2.05) is 0 Å². The first-order valence-corrected chi connectivity index (χ1v) is 8.53. The molecule has 0 heterocycles. The van der Waals surface area contributed by atoms with Crippen LogP contribution in [0.1, 0.15) is 79.1 Å². The number of nitrogens with zero attached hydrogens (tertiary/aromatic N) is 1. The van der Waals surface area contributed by atoms with Crippen molar-refractivity contribution in [1.29, 1.82) is 0 Å². The van der Waals surface area contributed by atoms with Gasteiger partial charge >= 0.3 is 0 Å². The Hall–Kier alpha value is -0.0800. The molecule has 0 aliphatic heterocycles. The van der Waals surface area contributed by atoms with Crippen molar-refractivity contribution in [2.45, 2.75) is 90.6 Å². The summed E-state index contributed by atoms with van der Waals surface area (Å²) in [4.78, 5) is 2.70. The molecule has 0 unspecified atom stereocenters. The molecule has 2 nitrogen and oxygen atoms in total. The average Bonchev–Trinajstić information content (AvgIpc) is 2.37. The van der Waals surface area contributed by atoms with Crippen molar-refractivity contribution in [1.82, 2.24) is 4.90 Å². The predicted octanol–water partition coefficient (Wildman–Crippen LogP) is 4.18. The lowest BCUT2D eigenvalue weighted by molar-refractivity contribution is 0.140. The molecule has 1 aliphatic rings. The van der Waals surface area contributed by atoms with Gasteiger partial charge in [0.15, 0.2) is 0 Å². The van der Waals surface area contributed by atoms with Crippen LogP contribution < -0.4 is 5.73 Å². The predicted molar refractivity (Wildman–Crippen MR) is 85.4 cm³/mol. The van der Waals surface area contributed by atoms with E-state index in [0.717, 1.165) is 12.0 Å². The molecule has 1 aliphatic carbocycles. The number of nitrogens with two attached hydrogens (primary N) is 1. The van der Waals surface area contributed by atoms with E-state index in [4.69, 9.17) is 5.73 Å². The molecule has 2 heteroatoms. The molecule has 1 rings (SSSR count). The van der Waals surface area contributed by atoms with E-state index in [-0.39, 0.29) is 5.54 Å². The first-order chi connectivity index (χ1) is 9.00. The summed E-state index contributed by atoms with van der Waals surface area (Å²) in [7, 11) is 0. The number of rotatable bonds is 8. The van der Waals surface area contributed by atoms with E-state index in [1.165, 1.54) is 64.5 Å². The molecule has 114 valence electrons. The lowest BCUT2D eigenvalue weighted by Gasteiger charge is -2.38. The largest absolute Gasteiger partial charge is 0.325 e. The highest BCUT2D eigenvalue weighted by molar-refractivity contribution is 4.88. The van der Waals surface area contributed by atoms with Gasteiger partial charge < -0.3 is 10.6 Å². The minimum Gasteiger partial charge on any atom is -0.325 e. The summed E-state index contributed by atoms with van der Waals surface area (Å²) in [6.45, 7) is 11.7. The first kappa shape index (κ1) is 17.0. The Balaban J connectivity index is 2.51. The highest BCUT2D eigenvalue weighted by Gasteiger charge is 2.28. The van der Waals surface area contributed by atoms with Gasteiger partial charge in [0.25, 0.3) is 0 Å². The first-order valence-electron chi connectivity index (χ1n) is 8.53. The summed E-state index contributed by atoms with van der Waals surface area (Å²) in [5.41, 5.74) is 6.73. The van der Waals surface area contributed by atoms with Crippen LogP contribution in [0.3, 0.4) is 0 Å². The van der Waals surface area contributed by atoms with Gasteiger partial charge in [-0.2, -0.15) is 0 Å². The maximum atomic E-state index is 6.59. The SMILES string of the molecule is CCC(CC)N(CCC1(N)CCCCC1)CC(C)C. The monoisotopic (exact) mass is 268 g/mol. The Morgan fingerprint density at radius 3 is 2.11 bits per heavy atom. The second-order valence-electron chi connectivity index (χ2n) is 7.03. The van der Waals surface area contributed by atoms with Crippen LogP contribution in [0.2, 0.25) is 0 Å². The molecule has 2 N–H and O–H groups in total. The van der Waals surface area contributed by atoms with E-state index >= 15 is 0 Å². The van der Waals surface area contributed by atoms with Crippen LogP contribution in [-0.2, 0) is 0 Å². The molecule has 0 bridgehead atoms. The van der Waals surface area contributed by atoms with Crippen molar-refractivity contribution in [3.63, 3.8) is 0 Å². The Morgan fingerprint density at radius 2 is 1.63 bits per heavy atom. The molecular formula is C17H36N2. The van der Waals surface area contributed by atoms with Gasteiger partial charge in [0.05, 0.1) is 0 Å². The second-order valence-corrected chi connectivity index (χ2v) is 7.03. The topological polar surface area (TPSA) is 29.3 Å². The molecule has 1 fully saturated rings. The maximum Gasteiger partial charge on any atom is 0.0166 e. The van der Waals surface area contributed by atoms with Gasteiger partial charge in [-0.05, 0) is 38.0 Å². The standard InChI is InChI=1S/C17H36N2/c1-5-16(6-2)19(14-15(3)4)13-12-17(18)10-8-7-9-11-17/h15-16H,5-14,18H2,1-4H3. The molecule has 0 radical (unpaired) electrons. The fourth-order valence-electron chi connectivity index (χ4n) is 3.57. The van der Waals surface area contributed by atoms with Gasteiger partial charge in [-0.3, -0.25) is 0 Å². The molecule has 0 atom stereocenters. The normalized spacial score (nSPS) is 19.6. The van der Waals surface area contributed by atoms with E-state index in [9.17, 15) is 0 Å². The van der Waals surface area contributed by atoms with Crippen molar-refractivity contribution < 1.29 is 0 Å².